The van der Waals surface area contributed by atoms with Crippen molar-refractivity contribution >= 4 is 42.4 Å². The molecule has 1 aliphatic heterocycles. The number of rotatable bonds is 4. The van der Waals surface area contributed by atoms with Gasteiger partial charge in [0.25, 0.3) is 26.0 Å². The van der Waals surface area contributed by atoms with Gasteiger partial charge in [-0.25, -0.2) is 21.1 Å². The highest BCUT2D eigenvalue weighted by atomic mass is 32.2. The van der Waals surface area contributed by atoms with Crippen LogP contribution in [0.15, 0.2) is 29.2 Å². The number of sulfonamides is 2. The molecule has 0 saturated heterocycles. The summed E-state index contributed by atoms with van der Waals surface area (Å²) >= 11 is 0.995. The zero-order chi connectivity index (χ0) is 16.8. The highest BCUT2D eigenvalue weighted by Crippen LogP contribution is 2.30. The number of carbonyl (C=O) groups is 1. The SMILES string of the molecule is Cc1nnc(NS(=O)(=O)CN2C(=O)c3ccccc3S2(=O)=O)s1. The average Bonchev–Trinajstić information content (AvgIpc) is 2.95. The molecule has 122 valence electrons. The summed E-state index contributed by atoms with van der Waals surface area (Å²) in [4.78, 5) is 12.0. The smallest absolute Gasteiger partial charge is 0.268 e. The van der Waals surface area contributed by atoms with E-state index < -0.39 is 31.8 Å². The van der Waals surface area contributed by atoms with Gasteiger partial charge in [0.05, 0.1) is 5.56 Å². The molecule has 2 aromatic rings. The molecule has 12 heteroatoms. The van der Waals surface area contributed by atoms with Gasteiger partial charge in [0.2, 0.25) is 5.13 Å². The fourth-order valence-electron chi connectivity index (χ4n) is 2.02. The van der Waals surface area contributed by atoms with Crippen LogP contribution in [-0.4, -0.2) is 43.1 Å². The lowest BCUT2D eigenvalue weighted by atomic mass is 10.2. The highest BCUT2D eigenvalue weighted by Gasteiger charge is 2.43. The summed E-state index contributed by atoms with van der Waals surface area (Å²) in [6.45, 7) is 1.64. The first-order valence-corrected chi connectivity index (χ1v) is 10.1. The molecule has 9 nitrogen and oxygen atoms in total. The molecule has 1 aromatic heterocycles. The third-order valence-electron chi connectivity index (χ3n) is 2.97. The number of hydrogen-bond acceptors (Lipinski definition) is 8. The van der Waals surface area contributed by atoms with Crippen LogP contribution in [0.5, 0.6) is 0 Å². The normalized spacial score (nSPS) is 16.4. The molecule has 1 amide bonds. The topological polar surface area (TPSA) is 126 Å². The molecule has 0 aliphatic carbocycles. The standard InChI is InChI=1S/C11H10N4O5S3/c1-7-12-13-11(21-7)14-22(17,18)6-15-10(16)8-4-2-3-5-9(8)23(15,19)20/h2-5H,6H2,1H3,(H,13,14). The Labute approximate surface area is 136 Å². The molecule has 23 heavy (non-hydrogen) atoms. The number of benzene rings is 1. The Morgan fingerprint density at radius 1 is 1.26 bits per heavy atom. The Morgan fingerprint density at radius 3 is 2.57 bits per heavy atom. The summed E-state index contributed by atoms with van der Waals surface area (Å²) in [5.41, 5.74) is -0.0468. The summed E-state index contributed by atoms with van der Waals surface area (Å²) in [6, 6.07) is 5.57. The molecule has 1 aromatic carbocycles. The third kappa shape index (κ3) is 2.80. The Bertz CT molecular complexity index is 996. The van der Waals surface area contributed by atoms with E-state index in [2.05, 4.69) is 14.9 Å². The Kier molecular flexibility index (Phi) is 3.61. The zero-order valence-electron chi connectivity index (χ0n) is 11.6. The van der Waals surface area contributed by atoms with Gasteiger partial charge in [-0.1, -0.05) is 23.5 Å². The van der Waals surface area contributed by atoms with Crippen LogP contribution in [0.2, 0.25) is 0 Å². The Morgan fingerprint density at radius 2 is 1.96 bits per heavy atom. The van der Waals surface area contributed by atoms with Crippen LogP contribution in [0.3, 0.4) is 0 Å². The maximum atomic E-state index is 12.3. The van der Waals surface area contributed by atoms with E-state index in [4.69, 9.17) is 0 Å². The maximum Gasteiger partial charge on any atom is 0.270 e. The molecule has 1 aliphatic rings. The summed E-state index contributed by atoms with van der Waals surface area (Å²) < 4.78 is 51.3. The van der Waals surface area contributed by atoms with Crippen molar-refractivity contribution in [3.63, 3.8) is 0 Å². The van der Waals surface area contributed by atoms with E-state index in [0.29, 0.717) is 9.31 Å². The van der Waals surface area contributed by atoms with Gasteiger partial charge >= 0.3 is 0 Å². The van der Waals surface area contributed by atoms with Crippen LogP contribution < -0.4 is 4.72 Å². The van der Waals surface area contributed by atoms with Crippen molar-refractivity contribution in [2.45, 2.75) is 11.8 Å². The van der Waals surface area contributed by atoms with E-state index >= 15 is 0 Å². The van der Waals surface area contributed by atoms with E-state index in [1.807, 2.05) is 0 Å². The van der Waals surface area contributed by atoms with Crippen LogP contribution >= 0.6 is 11.3 Å². The molecular formula is C11H10N4O5S3. The molecule has 0 atom stereocenters. The van der Waals surface area contributed by atoms with Gasteiger partial charge in [0.1, 0.15) is 9.90 Å². The lowest BCUT2D eigenvalue weighted by Crippen LogP contribution is -2.37. The predicted octanol–water partition coefficient (Wildman–Crippen LogP) is 0.390. The molecule has 0 radical (unpaired) electrons. The van der Waals surface area contributed by atoms with Gasteiger partial charge in [-0.3, -0.25) is 9.52 Å². The van der Waals surface area contributed by atoms with Gasteiger partial charge in [0, 0.05) is 0 Å². The number of aryl methyl sites for hydroxylation is 1. The number of hydrogen-bond donors (Lipinski definition) is 1. The summed E-state index contributed by atoms with van der Waals surface area (Å²) in [5, 5.41) is 7.79. The fourth-order valence-corrected chi connectivity index (χ4v) is 6.01. The number of fused-ring (bicyclic) bond motifs is 1. The van der Waals surface area contributed by atoms with Gasteiger partial charge < -0.3 is 0 Å². The van der Waals surface area contributed by atoms with Crippen LogP contribution in [0.25, 0.3) is 0 Å². The van der Waals surface area contributed by atoms with Crippen molar-refractivity contribution in [1.82, 2.24) is 14.5 Å². The number of nitrogens with one attached hydrogen (secondary N) is 1. The second-order valence-electron chi connectivity index (χ2n) is 4.63. The quantitative estimate of drug-likeness (QED) is 0.820. The molecule has 3 rings (SSSR count). The minimum atomic E-state index is -4.18. The van der Waals surface area contributed by atoms with E-state index in [-0.39, 0.29) is 15.6 Å². The molecule has 0 fully saturated rings. The largest absolute Gasteiger partial charge is 0.270 e. The van der Waals surface area contributed by atoms with Crippen LogP contribution in [-0.2, 0) is 20.0 Å². The van der Waals surface area contributed by atoms with Crippen molar-refractivity contribution < 1.29 is 21.6 Å². The van der Waals surface area contributed by atoms with Gasteiger partial charge in [-0.2, -0.15) is 0 Å². The van der Waals surface area contributed by atoms with Crippen LogP contribution in [0.1, 0.15) is 15.4 Å². The van der Waals surface area contributed by atoms with E-state index in [0.717, 1.165) is 11.3 Å². The van der Waals surface area contributed by atoms with Gasteiger partial charge in [0.15, 0.2) is 5.88 Å². The van der Waals surface area contributed by atoms with Crippen molar-refractivity contribution in [3.8, 4) is 0 Å². The fraction of sp³-hybridized carbons (Fsp3) is 0.182. The van der Waals surface area contributed by atoms with Crippen molar-refractivity contribution in [1.29, 1.82) is 0 Å². The number of amides is 1. The lowest BCUT2D eigenvalue weighted by molar-refractivity contribution is 0.0885. The van der Waals surface area contributed by atoms with Crippen molar-refractivity contribution in [3.05, 3.63) is 34.8 Å². The highest BCUT2D eigenvalue weighted by molar-refractivity contribution is 7.95. The Hall–Kier alpha value is -2.05. The number of aromatic nitrogens is 2. The van der Waals surface area contributed by atoms with Crippen LogP contribution in [0, 0.1) is 6.92 Å². The Balaban J connectivity index is 1.90. The third-order valence-corrected chi connectivity index (χ3v) is 6.90. The number of nitrogens with zero attached hydrogens (tertiary/aromatic N) is 3. The molecule has 0 unspecified atom stereocenters. The molecular weight excluding hydrogens is 364 g/mol. The molecule has 1 N–H and O–H groups in total. The van der Waals surface area contributed by atoms with Crippen molar-refractivity contribution in [2.24, 2.45) is 0 Å². The summed E-state index contributed by atoms with van der Waals surface area (Å²) in [6.07, 6.45) is 0. The van der Waals surface area contributed by atoms with Gasteiger partial charge in [-0.05, 0) is 19.1 Å². The summed E-state index contributed by atoms with van der Waals surface area (Å²) in [5.74, 6) is -1.90. The summed E-state index contributed by atoms with van der Waals surface area (Å²) in [7, 11) is -8.33. The minimum absolute atomic E-state index is 0.00376. The van der Waals surface area contributed by atoms with E-state index in [1.165, 1.54) is 24.3 Å². The van der Waals surface area contributed by atoms with E-state index in [1.54, 1.807) is 6.92 Å². The second kappa shape index (κ2) is 5.25. The number of anilines is 1. The van der Waals surface area contributed by atoms with Gasteiger partial charge in [-0.15, -0.1) is 10.2 Å². The number of carbonyl (C=O) groups excluding carboxylic acids is 1. The maximum absolute atomic E-state index is 12.3. The minimum Gasteiger partial charge on any atom is -0.268 e. The molecule has 0 spiro atoms. The van der Waals surface area contributed by atoms with Crippen LogP contribution in [0.4, 0.5) is 5.13 Å². The molecule has 2 heterocycles. The van der Waals surface area contributed by atoms with E-state index in [9.17, 15) is 21.6 Å². The monoisotopic (exact) mass is 374 g/mol. The first-order valence-electron chi connectivity index (χ1n) is 6.17. The zero-order valence-corrected chi connectivity index (χ0v) is 14.1. The van der Waals surface area contributed by atoms with Crippen molar-refractivity contribution in [2.75, 3.05) is 10.6 Å². The molecule has 0 saturated carbocycles. The lowest BCUT2D eigenvalue weighted by Gasteiger charge is -2.15. The second-order valence-corrected chi connectivity index (χ2v) is 9.33. The first kappa shape index (κ1) is 15.8. The molecule has 0 bridgehead atoms. The first-order chi connectivity index (χ1) is 10.7. The average molecular weight is 374 g/mol. The predicted molar refractivity (Wildman–Crippen MR) is 81.9 cm³/mol.